The van der Waals surface area contributed by atoms with Crippen LogP contribution in [-0.4, -0.2) is 57.2 Å². The fourth-order valence-electron chi connectivity index (χ4n) is 0. The zero-order chi connectivity index (χ0) is 0. The van der Waals surface area contributed by atoms with Crippen LogP contribution in [0.5, 0.6) is 0 Å². The van der Waals surface area contributed by atoms with Crippen molar-refractivity contribution in [1.29, 1.82) is 0 Å². The number of hydrogen-bond acceptors (Lipinski definition) is 0. The van der Waals surface area contributed by atoms with Gasteiger partial charge in [0.2, 0.25) is 0 Å². The molecule has 0 aromatic heterocycles. The summed E-state index contributed by atoms with van der Waals surface area (Å²) in [6.07, 6.45) is 0. The van der Waals surface area contributed by atoms with Crippen molar-refractivity contribution in [2.75, 3.05) is 0 Å². The van der Waals surface area contributed by atoms with E-state index >= 15 is 0 Å². The Morgan fingerprint density at radius 2 is 1.00 bits per heavy atom. The van der Waals surface area contributed by atoms with Crippen LogP contribution in [0.4, 0.5) is 0 Å². The molecule has 0 fully saturated rings. The maximum atomic E-state index is 0. The Morgan fingerprint density at radius 3 is 1.00 bits per heavy atom. The molecule has 2 radical (unpaired) electrons. The van der Waals surface area contributed by atoms with E-state index in [9.17, 15) is 0 Å². The van der Waals surface area contributed by atoms with E-state index in [0.29, 0.717) is 0 Å². The van der Waals surface area contributed by atoms with E-state index in [0.717, 1.165) is 0 Å². The van der Waals surface area contributed by atoms with Crippen molar-refractivity contribution in [1.82, 2.24) is 0 Å². The zero-order valence-corrected chi connectivity index (χ0v) is 12.9. The van der Waals surface area contributed by atoms with Crippen LogP contribution in [0.3, 0.4) is 0 Å². The molecule has 0 atom stereocenters. The third-order valence-electron chi connectivity index (χ3n) is 0. The first-order valence-electron chi connectivity index (χ1n) is 0. The van der Waals surface area contributed by atoms with E-state index in [2.05, 4.69) is 0 Å². The van der Waals surface area contributed by atoms with E-state index in [4.69, 9.17) is 0 Å². The average molecular weight is 386 g/mol. The maximum absolute atomic E-state index is 0. The molecular formula is H9OPbSSb. The van der Waals surface area contributed by atoms with Gasteiger partial charge in [-0.15, -0.1) is 0 Å². The fraction of sp³-hybridized carbons (Fsp3) is 0. The first-order valence-corrected chi connectivity index (χ1v) is 0. The first-order chi connectivity index (χ1) is 0. The number of rotatable bonds is 0. The van der Waals surface area contributed by atoms with Crippen molar-refractivity contribution >= 4 is 65.2 Å². The summed E-state index contributed by atoms with van der Waals surface area (Å²) in [7, 11) is 0. The summed E-state index contributed by atoms with van der Waals surface area (Å²) in [6, 6.07) is 0. The second kappa shape index (κ2) is 19.7. The van der Waals surface area contributed by atoms with Crippen LogP contribution in [-0.2, 0) is 0 Å². The minimum atomic E-state index is 0. The summed E-state index contributed by atoms with van der Waals surface area (Å²) in [5, 5.41) is 0. The first kappa shape index (κ1) is 36.7. The molecule has 0 aliphatic carbocycles. The molecule has 0 spiro atoms. The molecule has 0 amide bonds. The third-order valence-corrected chi connectivity index (χ3v) is 0. The summed E-state index contributed by atoms with van der Waals surface area (Å²) in [4.78, 5) is 0. The molecule has 0 aromatic carbocycles. The molecule has 0 unspecified atom stereocenters. The molecule has 0 bridgehead atoms. The van der Waals surface area contributed by atoms with Gasteiger partial charge >= 0.3 is 51.7 Å². The number of hydrogen-bond donors (Lipinski definition) is 0. The van der Waals surface area contributed by atoms with Gasteiger partial charge in [-0.3, -0.25) is 0 Å². The summed E-state index contributed by atoms with van der Waals surface area (Å²) in [5.74, 6) is 0. The predicted molar refractivity (Wildman–Crippen MR) is 32.5 cm³/mol. The van der Waals surface area contributed by atoms with E-state index < -0.39 is 0 Å². The van der Waals surface area contributed by atoms with Crippen molar-refractivity contribution < 1.29 is 5.48 Å². The summed E-state index contributed by atoms with van der Waals surface area (Å²) < 4.78 is 0. The van der Waals surface area contributed by atoms with Gasteiger partial charge in [0, 0.05) is 0 Å². The molecule has 4 heavy (non-hydrogen) atoms. The van der Waals surface area contributed by atoms with Crippen LogP contribution in [0, 0.1) is 0 Å². The topological polar surface area (TPSA) is 31.5 Å². The molecule has 0 saturated heterocycles. The van der Waals surface area contributed by atoms with Gasteiger partial charge in [-0.2, -0.15) is 13.5 Å². The fourth-order valence-corrected chi connectivity index (χ4v) is 0. The standard InChI is InChI=1S/H2O.Pb.H2S.Sb.5H/h1H2;;1H2;;;;;;. The molecule has 0 heterocycles. The molecule has 30 valence electrons. The van der Waals surface area contributed by atoms with Gasteiger partial charge in [-0.25, -0.2) is 0 Å². The van der Waals surface area contributed by atoms with E-state index in [-0.39, 0.29) is 70.7 Å². The summed E-state index contributed by atoms with van der Waals surface area (Å²) in [6.45, 7) is 0. The van der Waals surface area contributed by atoms with E-state index in [1.807, 2.05) is 0 Å². The van der Waals surface area contributed by atoms with Crippen LogP contribution in [0.15, 0.2) is 0 Å². The van der Waals surface area contributed by atoms with Gasteiger partial charge in [0.15, 0.2) is 0 Å². The third kappa shape index (κ3) is 8.96. The normalized spacial score (nSPS) is 0. The van der Waals surface area contributed by atoms with Gasteiger partial charge in [-0.1, -0.05) is 0 Å². The molecule has 4 heteroatoms. The van der Waals surface area contributed by atoms with Crippen molar-refractivity contribution in [2.45, 2.75) is 0 Å². The SMILES string of the molecule is O.S.[PbH2].[SbH3]. The van der Waals surface area contributed by atoms with Gasteiger partial charge in [0.1, 0.15) is 0 Å². The van der Waals surface area contributed by atoms with Crippen molar-refractivity contribution in [3.05, 3.63) is 0 Å². The van der Waals surface area contributed by atoms with Gasteiger partial charge < -0.3 is 5.48 Å². The Balaban J connectivity index is 0. The zero-order valence-electron chi connectivity index (χ0n) is 2.41. The van der Waals surface area contributed by atoms with Crippen LogP contribution in [0.2, 0.25) is 0 Å². The van der Waals surface area contributed by atoms with Gasteiger partial charge in [0.05, 0.1) is 0 Å². The molecule has 0 saturated carbocycles. The van der Waals surface area contributed by atoms with Gasteiger partial charge in [0.25, 0.3) is 0 Å². The predicted octanol–water partition coefficient (Wildman–Crippen LogP) is -2.81. The Bertz CT molecular complexity index is 8.00. The van der Waals surface area contributed by atoms with Gasteiger partial charge in [-0.05, 0) is 0 Å². The Morgan fingerprint density at radius 1 is 1.00 bits per heavy atom. The molecular weight excluding hydrogens is 377 g/mol. The van der Waals surface area contributed by atoms with Crippen molar-refractivity contribution in [3.63, 3.8) is 0 Å². The molecule has 0 rings (SSSR count). The minimum absolute atomic E-state index is 0. The Kier molecular flexibility index (Phi) is 181. The average Bonchev–Trinajstić information content (AvgIpc) is 0. The van der Waals surface area contributed by atoms with E-state index in [1.54, 1.807) is 0 Å². The van der Waals surface area contributed by atoms with Crippen LogP contribution >= 0.6 is 13.5 Å². The van der Waals surface area contributed by atoms with Crippen molar-refractivity contribution in [3.8, 4) is 0 Å². The Hall–Kier alpha value is 2.05. The summed E-state index contributed by atoms with van der Waals surface area (Å²) in [5.41, 5.74) is 0. The molecule has 2 N–H and O–H groups in total. The van der Waals surface area contributed by atoms with Crippen LogP contribution in [0.1, 0.15) is 0 Å². The molecule has 0 aromatic rings. The monoisotopic (exact) mass is 386 g/mol. The summed E-state index contributed by atoms with van der Waals surface area (Å²) >= 11 is 0. The molecule has 0 aliphatic rings. The van der Waals surface area contributed by atoms with Crippen molar-refractivity contribution in [2.24, 2.45) is 0 Å². The van der Waals surface area contributed by atoms with E-state index in [1.165, 1.54) is 0 Å². The van der Waals surface area contributed by atoms with Crippen LogP contribution in [0.25, 0.3) is 0 Å². The Labute approximate surface area is 69.9 Å². The molecule has 0 aliphatic heterocycles. The van der Waals surface area contributed by atoms with Crippen LogP contribution < -0.4 is 0 Å². The second-order valence-corrected chi connectivity index (χ2v) is 0. The second-order valence-electron chi connectivity index (χ2n) is 0. The quantitative estimate of drug-likeness (QED) is 0.403. The molecule has 1 nitrogen and oxygen atoms in total.